The van der Waals surface area contributed by atoms with Gasteiger partial charge in [0.15, 0.2) is 0 Å². The van der Waals surface area contributed by atoms with Crippen LogP contribution in [0.5, 0.6) is 0 Å². The topological polar surface area (TPSA) is 27.2 Å². The van der Waals surface area contributed by atoms with Gasteiger partial charge in [-0.25, -0.2) is 4.52 Å². The summed E-state index contributed by atoms with van der Waals surface area (Å²) in [6.45, 7) is 0. The van der Waals surface area contributed by atoms with Crippen LogP contribution in [0, 0.1) is 0 Å². The third kappa shape index (κ3) is 3.57. The Morgan fingerprint density at radius 3 is 1.98 bits per heavy atom. The zero-order valence-electron chi connectivity index (χ0n) is 25.0. The third-order valence-electron chi connectivity index (χ3n) is 10.2. The highest BCUT2D eigenvalue weighted by Crippen LogP contribution is 2.43. The molecule has 9 aromatic rings. The maximum Gasteiger partial charge on any atom is 0.0912 e. The van der Waals surface area contributed by atoms with Crippen LogP contribution in [0.3, 0.4) is 0 Å². The van der Waals surface area contributed by atoms with E-state index < -0.39 is 0 Å². The SMILES string of the molecule is c1cc(-c2ccc3c(c2)c2c4ccccc4n(C4CCCCC4)c2c2ccnn32)cc(-n2c3ccccc3c3ccccc32)c1. The summed E-state index contributed by atoms with van der Waals surface area (Å²) in [5.74, 6) is 0. The molecule has 5 aromatic carbocycles. The van der Waals surface area contributed by atoms with Crippen molar-refractivity contribution in [2.45, 2.75) is 38.1 Å². The predicted molar refractivity (Wildman–Crippen MR) is 188 cm³/mol. The molecule has 4 aromatic heterocycles. The van der Waals surface area contributed by atoms with Crippen LogP contribution in [0.15, 0.2) is 128 Å². The van der Waals surface area contributed by atoms with Crippen molar-refractivity contribution in [3.05, 3.63) is 128 Å². The van der Waals surface area contributed by atoms with E-state index in [0.717, 1.165) is 5.52 Å². The van der Waals surface area contributed by atoms with E-state index in [1.807, 2.05) is 6.20 Å². The Bertz CT molecular complexity index is 2540. The number of hydrogen-bond acceptors (Lipinski definition) is 1. The highest BCUT2D eigenvalue weighted by Gasteiger charge is 2.24. The molecule has 0 radical (unpaired) electrons. The average molecular weight is 581 g/mol. The van der Waals surface area contributed by atoms with Crippen molar-refractivity contribution in [1.82, 2.24) is 18.7 Å². The van der Waals surface area contributed by atoms with Crippen molar-refractivity contribution in [1.29, 1.82) is 0 Å². The van der Waals surface area contributed by atoms with E-state index in [0.29, 0.717) is 6.04 Å². The molecular weight excluding hydrogens is 548 g/mol. The molecule has 0 N–H and O–H groups in total. The molecule has 1 fully saturated rings. The second-order valence-corrected chi connectivity index (χ2v) is 12.7. The minimum atomic E-state index is 0.517. The number of aromatic nitrogens is 4. The Hall–Kier alpha value is -5.35. The maximum absolute atomic E-state index is 4.86. The number of rotatable bonds is 3. The lowest BCUT2D eigenvalue weighted by atomic mass is 9.95. The number of fused-ring (bicyclic) bond motifs is 11. The van der Waals surface area contributed by atoms with Crippen LogP contribution >= 0.6 is 0 Å². The van der Waals surface area contributed by atoms with Gasteiger partial charge in [-0.05, 0) is 72.5 Å². The molecular formula is C41H32N4. The zero-order chi connectivity index (χ0) is 29.5. The summed E-state index contributed by atoms with van der Waals surface area (Å²) < 4.78 is 7.22. The van der Waals surface area contributed by atoms with Crippen LogP contribution in [-0.2, 0) is 0 Å². The molecule has 0 aliphatic heterocycles. The van der Waals surface area contributed by atoms with Gasteiger partial charge in [0.2, 0.25) is 0 Å². The quantitative estimate of drug-likeness (QED) is 0.204. The summed E-state index contributed by atoms with van der Waals surface area (Å²) in [6, 6.07) is 45.1. The van der Waals surface area contributed by atoms with Crippen LogP contribution in [0.2, 0.25) is 0 Å². The molecule has 1 saturated carbocycles. The van der Waals surface area contributed by atoms with E-state index in [4.69, 9.17) is 5.10 Å². The van der Waals surface area contributed by atoms with Gasteiger partial charge in [-0.15, -0.1) is 0 Å². The predicted octanol–water partition coefficient (Wildman–Crippen LogP) is 10.9. The lowest BCUT2D eigenvalue weighted by molar-refractivity contribution is 0.367. The Kier molecular flexibility index (Phi) is 5.32. The largest absolute Gasteiger partial charge is 0.336 e. The Morgan fingerprint density at radius 2 is 1.20 bits per heavy atom. The van der Waals surface area contributed by atoms with Crippen molar-refractivity contribution in [2.24, 2.45) is 0 Å². The van der Waals surface area contributed by atoms with Crippen LogP contribution in [0.1, 0.15) is 38.1 Å². The lowest BCUT2D eigenvalue weighted by Crippen LogP contribution is -2.13. The molecule has 10 rings (SSSR count). The van der Waals surface area contributed by atoms with Crippen molar-refractivity contribution in [3.8, 4) is 16.8 Å². The molecule has 0 saturated heterocycles. The van der Waals surface area contributed by atoms with E-state index >= 15 is 0 Å². The number of benzene rings is 5. The summed E-state index contributed by atoms with van der Waals surface area (Å²) in [6.07, 6.45) is 8.38. The first kappa shape index (κ1) is 25.0. The van der Waals surface area contributed by atoms with E-state index in [1.165, 1.54) is 103 Å². The van der Waals surface area contributed by atoms with Gasteiger partial charge in [0.25, 0.3) is 0 Å². The van der Waals surface area contributed by atoms with Gasteiger partial charge in [-0.3, -0.25) is 0 Å². The van der Waals surface area contributed by atoms with Crippen LogP contribution in [0.4, 0.5) is 0 Å². The first-order valence-corrected chi connectivity index (χ1v) is 16.3. The van der Waals surface area contributed by atoms with Gasteiger partial charge in [-0.1, -0.05) is 92.1 Å². The van der Waals surface area contributed by atoms with Crippen molar-refractivity contribution >= 4 is 60.0 Å². The number of pyridine rings is 1. The Labute approximate surface area is 260 Å². The number of para-hydroxylation sites is 3. The fraction of sp³-hybridized carbons (Fsp3) is 0.146. The monoisotopic (exact) mass is 580 g/mol. The first-order valence-electron chi connectivity index (χ1n) is 16.3. The van der Waals surface area contributed by atoms with Gasteiger partial charge in [0.05, 0.1) is 33.8 Å². The second-order valence-electron chi connectivity index (χ2n) is 12.7. The summed E-state index contributed by atoms with van der Waals surface area (Å²) in [5, 5.41) is 11.4. The molecule has 0 atom stereocenters. The normalized spacial score (nSPS) is 14.6. The molecule has 1 aliphatic rings. The summed E-state index contributed by atoms with van der Waals surface area (Å²) in [5.41, 5.74) is 11.1. The highest BCUT2D eigenvalue weighted by atomic mass is 15.2. The van der Waals surface area contributed by atoms with Crippen LogP contribution < -0.4 is 0 Å². The fourth-order valence-electron chi connectivity index (χ4n) is 8.31. The van der Waals surface area contributed by atoms with E-state index in [-0.39, 0.29) is 0 Å². The van der Waals surface area contributed by atoms with Gasteiger partial charge in [0, 0.05) is 44.2 Å². The summed E-state index contributed by atoms with van der Waals surface area (Å²) >= 11 is 0. The minimum Gasteiger partial charge on any atom is -0.336 e. The van der Waals surface area contributed by atoms with Gasteiger partial charge in [0.1, 0.15) is 0 Å². The molecule has 0 amide bonds. The molecule has 0 spiro atoms. The minimum absolute atomic E-state index is 0.517. The average Bonchev–Trinajstić information content (AvgIpc) is 3.82. The van der Waals surface area contributed by atoms with E-state index in [9.17, 15) is 0 Å². The highest BCUT2D eigenvalue weighted by molar-refractivity contribution is 6.24. The Morgan fingerprint density at radius 1 is 0.511 bits per heavy atom. The van der Waals surface area contributed by atoms with Crippen molar-refractivity contribution in [3.63, 3.8) is 0 Å². The molecule has 0 bridgehead atoms. The summed E-state index contributed by atoms with van der Waals surface area (Å²) in [4.78, 5) is 0. The van der Waals surface area contributed by atoms with Gasteiger partial charge in [-0.2, -0.15) is 5.10 Å². The fourth-order valence-corrected chi connectivity index (χ4v) is 8.31. The van der Waals surface area contributed by atoms with Crippen LogP contribution in [-0.4, -0.2) is 18.7 Å². The molecule has 4 heteroatoms. The van der Waals surface area contributed by atoms with Gasteiger partial charge >= 0.3 is 0 Å². The summed E-state index contributed by atoms with van der Waals surface area (Å²) in [7, 11) is 0. The first-order chi connectivity index (χ1) is 22.3. The molecule has 1 aliphatic carbocycles. The maximum atomic E-state index is 4.86. The van der Waals surface area contributed by atoms with Crippen LogP contribution in [0.25, 0.3) is 76.8 Å². The second kappa shape index (κ2) is 9.57. The zero-order valence-corrected chi connectivity index (χ0v) is 25.0. The third-order valence-corrected chi connectivity index (χ3v) is 10.2. The van der Waals surface area contributed by atoms with E-state index in [1.54, 1.807) is 0 Å². The molecule has 216 valence electrons. The lowest BCUT2D eigenvalue weighted by Gasteiger charge is -2.25. The number of hydrogen-bond donors (Lipinski definition) is 0. The van der Waals surface area contributed by atoms with Crippen molar-refractivity contribution in [2.75, 3.05) is 0 Å². The molecule has 4 heterocycles. The smallest absolute Gasteiger partial charge is 0.0912 e. The van der Waals surface area contributed by atoms with E-state index in [2.05, 4.69) is 135 Å². The van der Waals surface area contributed by atoms with Gasteiger partial charge < -0.3 is 9.13 Å². The standard InChI is InChI=1S/C41H32N4/c1-2-12-29(13-3-1)44-37-20-9-6-17-33(37)40-34-26-28(21-22-38(34)45-39(41(40)44)23-24-42-45)27-11-10-14-30(25-27)43-35-18-7-4-15-31(35)32-16-5-8-19-36(32)43/h4-11,14-26,29H,1-3,12-13H2. The molecule has 0 unspecified atom stereocenters. The number of nitrogens with zero attached hydrogens (tertiary/aromatic N) is 4. The molecule has 4 nitrogen and oxygen atoms in total. The van der Waals surface area contributed by atoms with Crippen molar-refractivity contribution < 1.29 is 0 Å². The molecule has 45 heavy (non-hydrogen) atoms. The Balaban J connectivity index is 1.24.